The average molecular weight is 136 g/mol. The fourth-order valence-electron chi connectivity index (χ4n) is 0.164. The first-order valence-corrected chi connectivity index (χ1v) is 3.22. The molecule has 0 aromatic heterocycles. The van der Waals surface area contributed by atoms with E-state index >= 15 is 0 Å². The summed E-state index contributed by atoms with van der Waals surface area (Å²) in [6.45, 7) is 8.50. The molecule has 0 saturated carbocycles. The van der Waals surface area contributed by atoms with Gasteiger partial charge in [0.2, 0.25) is 0 Å². The second kappa shape index (κ2) is 2.70. The van der Waals surface area contributed by atoms with Gasteiger partial charge in [0.15, 0.2) is 0 Å². The standard InChI is InChI=1S/C6H14ClN/c1-5(8-7)6(2,3)4/h5,8H,1-4H3. The maximum Gasteiger partial charge on any atom is 0.0241 e. The lowest BCUT2D eigenvalue weighted by molar-refractivity contribution is 0.322. The predicted octanol–water partition coefficient (Wildman–Crippen LogP) is 2.16. The van der Waals surface area contributed by atoms with E-state index in [2.05, 4.69) is 32.5 Å². The zero-order valence-corrected chi connectivity index (χ0v) is 6.71. The van der Waals surface area contributed by atoms with Crippen LogP contribution in [0.2, 0.25) is 0 Å². The molecule has 0 aromatic rings. The topological polar surface area (TPSA) is 12.0 Å². The highest BCUT2D eigenvalue weighted by Gasteiger charge is 2.17. The lowest BCUT2D eigenvalue weighted by Gasteiger charge is -2.24. The highest BCUT2D eigenvalue weighted by molar-refractivity contribution is 6.13. The Bertz CT molecular complexity index is 65.4. The molecule has 2 heteroatoms. The largest absolute Gasteiger partial charge is 0.230 e. The summed E-state index contributed by atoms with van der Waals surface area (Å²) in [6, 6.07) is 0.365. The quantitative estimate of drug-likeness (QED) is 0.544. The Morgan fingerprint density at radius 1 is 1.38 bits per heavy atom. The zero-order valence-electron chi connectivity index (χ0n) is 5.96. The fraction of sp³-hybridized carbons (Fsp3) is 1.00. The van der Waals surface area contributed by atoms with Gasteiger partial charge in [0, 0.05) is 6.04 Å². The van der Waals surface area contributed by atoms with Crippen LogP contribution in [-0.4, -0.2) is 6.04 Å². The Kier molecular flexibility index (Phi) is 2.78. The lowest BCUT2D eigenvalue weighted by atomic mass is 9.89. The molecule has 0 aliphatic rings. The van der Waals surface area contributed by atoms with Crippen molar-refractivity contribution in [1.29, 1.82) is 0 Å². The van der Waals surface area contributed by atoms with Crippen LogP contribution in [0.4, 0.5) is 0 Å². The zero-order chi connectivity index (χ0) is 6.78. The van der Waals surface area contributed by atoms with E-state index in [1.165, 1.54) is 0 Å². The van der Waals surface area contributed by atoms with Crippen molar-refractivity contribution in [3.63, 3.8) is 0 Å². The normalized spacial score (nSPS) is 16.1. The number of nitrogens with one attached hydrogen (secondary N) is 1. The average Bonchev–Trinajstić information content (AvgIpc) is 1.62. The first-order chi connectivity index (χ1) is 3.48. The molecule has 1 N–H and O–H groups in total. The van der Waals surface area contributed by atoms with Crippen LogP contribution in [-0.2, 0) is 0 Å². The Morgan fingerprint density at radius 3 is 1.75 bits per heavy atom. The summed E-state index contributed by atoms with van der Waals surface area (Å²) in [5.41, 5.74) is 0.266. The van der Waals surface area contributed by atoms with Crippen molar-refractivity contribution in [2.45, 2.75) is 33.7 Å². The molecule has 1 nitrogen and oxygen atoms in total. The number of hydrogen-bond donors (Lipinski definition) is 1. The Balaban J connectivity index is 3.62. The van der Waals surface area contributed by atoms with E-state index in [9.17, 15) is 0 Å². The molecule has 50 valence electrons. The Morgan fingerprint density at radius 2 is 1.75 bits per heavy atom. The molecule has 1 atom stereocenters. The molecule has 0 amide bonds. The first kappa shape index (κ1) is 8.25. The molecule has 0 aliphatic carbocycles. The minimum Gasteiger partial charge on any atom is -0.230 e. The van der Waals surface area contributed by atoms with Gasteiger partial charge in [0.1, 0.15) is 0 Å². The van der Waals surface area contributed by atoms with Crippen LogP contribution in [0.1, 0.15) is 27.7 Å². The summed E-state index contributed by atoms with van der Waals surface area (Å²) in [7, 11) is 0. The fourth-order valence-corrected chi connectivity index (χ4v) is 0.491. The minimum absolute atomic E-state index is 0.266. The summed E-state index contributed by atoms with van der Waals surface area (Å²) < 4.78 is 0. The van der Waals surface area contributed by atoms with E-state index in [-0.39, 0.29) is 5.41 Å². The van der Waals surface area contributed by atoms with Crippen LogP contribution in [0.5, 0.6) is 0 Å². The van der Waals surface area contributed by atoms with Crippen molar-refractivity contribution in [3.8, 4) is 0 Å². The predicted molar refractivity (Wildman–Crippen MR) is 37.9 cm³/mol. The van der Waals surface area contributed by atoms with Gasteiger partial charge in [-0.2, -0.15) is 0 Å². The van der Waals surface area contributed by atoms with Crippen LogP contribution in [0.3, 0.4) is 0 Å². The maximum atomic E-state index is 5.39. The third-order valence-electron chi connectivity index (χ3n) is 1.46. The van der Waals surface area contributed by atoms with Crippen molar-refractivity contribution in [2.24, 2.45) is 5.41 Å². The third kappa shape index (κ3) is 2.53. The SMILES string of the molecule is CC(NCl)C(C)(C)C. The van der Waals surface area contributed by atoms with Crippen LogP contribution in [0, 0.1) is 5.41 Å². The highest BCUT2D eigenvalue weighted by Crippen LogP contribution is 2.18. The van der Waals surface area contributed by atoms with E-state index in [1.807, 2.05) is 0 Å². The van der Waals surface area contributed by atoms with Crippen molar-refractivity contribution in [3.05, 3.63) is 0 Å². The summed E-state index contributed by atoms with van der Waals surface area (Å²) in [5, 5.41) is 0. The molecule has 1 unspecified atom stereocenters. The van der Waals surface area contributed by atoms with Crippen LogP contribution < -0.4 is 4.84 Å². The van der Waals surface area contributed by atoms with Gasteiger partial charge < -0.3 is 0 Å². The van der Waals surface area contributed by atoms with Crippen molar-refractivity contribution < 1.29 is 0 Å². The third-order valence-corrected chi connectivity index (χ3v) is 1.79. The monoisotopic (exact) mass is 135 g/mol. The van der Waals surface area contributed by atoms with Crippen LogP contribution in [0.25, 0.3) is 0 Å². The van der Waals surface area contributed by atoms with E-state index in [1.54, 1.807) is 0 Å². The number of rotatable bonds is 1. The lowest BCUT2D eigenvalue weighted by Crippen LogP contribution is -2.31. The smallest absolute Gasteiger partial charge is 0.0241 e. The summed E-state index contributed by atoms with van der Waals surface area (Å²) in [6.07, 6.45) is 0. The van der Waals surface area contributed by atoms with Gasteiger partial charge in [-0.15, -0.1) is 0 Å². The Hall–Kier alpha value is 0.250. The number of hydrogen-bond acceptors (Lipinski definition) is 1. The van der Waals surface area contributed by atoms with Gasteiger partial charge in [-0.3, -0.25) is 0 Å². The van der Waals surface area contributed by atoms with E-state index in [4.69, 9.17) is 11.8 Å². The van der Waals surface area contributed by atoms with E-state index in [0.717, 1.165) is 0 Å². The van der Waals surface area contributed by atoms with Crippen LogP contribution in [0.15, 0.2) is 0 Å². The van der Waals surface area contributed by atoms with Gasteiger partial charge in [0.05, 0.1) is 0 Å². The molecule has 0 rings (SSSR count). The molecule has 0 bridgehead atoms. The van der Waals surface area contributed by atoms with E-state index in [0.29, 0.717) is 6.04 Å². The molecule has 0 fully saturated rings. The molecular weight excluding hydrogens is 122 g/mol. The van der Waals surface area contributed by atoms with Gasteiger partial charge in [-0.05, 0) is 24.1 Å². The first-order valence-electron chi connectivity index (χ1n) is 2.84. The maximum absolute atomic E-state index is 5.39. The highest BCUT2D eigenvalue weighted by atomic mass is 35.5. The Labute approximate surface area is 56.5 Å². The van der Waals surface area contributed by atoms with Crippen LogP contribution >= 0.6 is 11.8 Å². The van der Waals surface area contributed by atoms with Gasteiger partial charge >= 0.3 is 0 Å². The van der Waals surface area contributed by atoms with E-state index < -0.39 is 0 Å². The second-order valence-corrected chi connectivity index (χ2v) is 3.42. The summed E-state index contributed by atoms with van der Waals surface area (Å²) in [4.78, 5) is 2.68. The second-order valence-electron chi connectivity index (χ2n) is 3.20. The molecule has 0 heterocycles. The van der Waals surface area contributed by atoms with Crippen molar-refractivity contribution in [2.75, 3.05) is 0 Å². The molecular formula is C6H14ClN. The molecule has 0 aliphatic heterocycles. The summed E-state index contributed by atoms with van der Waals surface area (Å²) >= 11 is 5.39. The number of halogens is 1. The molecule has 0 aromatic carbocycles. The van der Waals surface area contributed by atoms with Gasteiger partial charge in [-0.1, -0.05) is 20.8 Å². The molecule has 0 saturated heterocycles. The minimum atomic E-state index is 0.266. The van der Waals surface area contributed by atoms with Gasteiger partial charge in [0.25, 0.3) is 0 Å². The molecule has 0 radical (unpaired) electrons. The summed E-state index contributed by atoms with van der Waals surface area (Å²) in [5.74, 6) is 0. The molecule has 8 heavy (non-hydrogen) atoms. The van der Waals surface area contributed by atoms with Crippen molar-refractivity contribution in [1.82, 2.24) is 4.84 Å². The van der Waals surface area contributed by atoms with Gasteiger partial charge in [-0.25, -0.2) is 4.84 Å². The van der Waals surface area contributed by atoms with Crippen molar-refractivity contribution >= 4 is 11.8 Å². The molecule has 0 spiro atoms.